The summed E-state index contributed by atoms with van der Waals surface area (Å²) in [5, 5.41) is 0. The van der Waals surface area contributed by atoms with Gasteiger partial charge in [0.05, 0.1) is 11.4 Å². The number of aromatic nitrogens is 4. The maximum atomic E-state index is 5.05. The molecule has 34 heavy (non-hydrogen) atoms. The van der Waals surface area contributed by atoms with Gasteiger partial charge in [0.25, 0.3) is 0 Å². The molecule has 0 bridgehead atoms. The Kier molecular flexibility index (Phi) is 5.72. The van der Waals surface area contributed by atoms with Crippen LogP contribution < -0.4 is 0 Å². The van der Waals surface area contributed by atoms with Crippen molar-refractivity contribution < 1.29 is 0 Å². The minimum Gasteiger partial charge on any atom is -0.252 e. The summed E-state index contributed by atoms with van der Waals surface area (Å²) in [6, 6.07) is 33.1. The Balaban J connectivity index is 1.51. The first-order valence-corrected chi connectivity index (χ1v) is 11.4. The van der Waals surface area contributed by atoms with Gasteiger partial charge in [0, 0.05) is 22.1 Å². The zero-order valence-electron chi connectivity index (χ0n) is 19.6. The van der Waals surface area contributed by atoms with E-state index in [1.807, 2.05) is 36.4 Å². The molecule has 0 radical (unpaired) electrons. The van der Waals surface area contributed by atoms with E-state index in [0.29, 0.717) is 11.6 Å². The summed E-state index contributed by atoms with van der Waals surface area (Å²) in [4.78, 5) is 18.6. The van der Waals surface area contributed by atoms with Crippen molar-refractivity contribution in [2.24, 2.45) is 0 Å². The van der Waals surface area contributed by atoms with E-state index < -0.39 is 0 Å². The predicted molar refractivity (Wildman–Crippen MR) is 137 cm³/mol. The zero-order chi connectivity index (χ0) is 23.5. The Labute approximate surface area is 200 Å². The normalized spacial score (nSPS) is 11.4. The molecule has 0 aliphatic carbocycles. The first-order valence-electron chi connectivity index (χ1n) is 11.4. The lowest BCUT2D eigenvalue weighted by atomic mass is 9.80. The number of nitrogens with zero attached hydrogens (tertiary/aromatic N) is 4. The van der Waals surface area contributed by atoms with Crippen molar-refractivity contribution in [3.63, 3.8) is 0 Å². The molecule has 2 aromatic heterocycles. The van der Waals surface area contributed by atoms with E-state index in [1.165, 1.54) is 5.56 Å². The lowest BCUT2D eigenvalue weighted by Gasteiger charge is -2.26. The van der Waals surface area contributed by atoms with Gasteiger partial charge in [-0.05, 0) is 36.8 Å². The second kappa shape index (κ2) is 8.99. The molecule has 0 fully saturated rings. The molecule has 3 aromatic carbocycles. The van der Waals surface area contributed by atoms with Crippen LogP contribution in [0.3, 0.4) is 0 Å². The molecule has 0 atom stereocenters. The van der Waals surface area contributed by atoms with Gasteiger partial charge in [0.15, 0.2) is 11.6 Å². The smallest absolute Gasteiger partial charge is 0.163 e. The van der Waals surface area contributed by atoms with Gasteiger partial charge in [0.2, 0.25) is 0 Å². The predicted octanol–water partition coefficient (Wildman–Crippen LogP) is 6.90. The van der Waals surface area contributed by atoms with E-state index in [4.69, 9.17) is 9.97 Å². The van der Waals surface area contributed by atoms with Gasteiger partial charge < -0.3 is 0 Å². The molecule has 4 heteroatoms. The minimum atomic E-state index is -0.300. The summed E-state index contributed by atoms with van der Waals surface area (Å²) in [6.45, 7) is 6.52. The standard InChI is InChI=1S/C30H26N4/c1-21-10-7-13-23(18-21)26-16-9-17-27(33-26)30(2,3)25-15-8-14-24(19-25)29-32-20-31-28(34-29)22-11-5-4-6-12-22/h4-20H,1-3H3. The highest BCUT2D eigenvalue weighted by molar-refractivity contribution is 5.63. The molecular weight excluding hydrogens is 416 g/mol. The lowest BCUT2D eigenvalue weighted by Crippen LogP contribution is -2.21. The molecule has 0 unspecified atom stereocenters. The third-order valence-corrected chi connectivity index (χ3v) is 6.15. The second-order valence-electron chi connectivity index (χ2n) is 8.98. The van der Waals surface area contributed by atoms with Crippen LogP contribution in [0.1, 0.15) is 30.7 Å². The first-order chi connectivity index (χ1) is 16.5. The molecule has 5 aromatic rings. The van der Waals surface area contributed by atoms with Crippen molar-refractivity contribution in [3.05, 3.63) is 120 Å². The third-order valence-electron chi connectivity index (χ3n) is 6.15. The largest absolute Gasteiger partial charge is 0.252 e. The van der Waals surface area contributed by atoms with E-state index >= 15 is 0 Å². The average Bonchev–Trinajstić information content (AvgIpc) is 2.89. The Bertz CT molecular complexity index is 1440. The Morgan fingerprint density at radius 3 is 2.06 bits per heavy atom. The van der Waals surface area contributed by atoms with Crippen molar-refractivity contribution >= 4 is 0 Å². The number of aryl methyl sites for hydroxylation is 1. The van der Waals surface area contributed by atoms with Crippen LogP contribution in [0.5, 0.6) is 0 Å². The van der Waals surface area contributed by atoms with E-state index in [2.05, 4.69) is 91.4 Å². The zero-order valence-corrected chi connectivity index (χ0v) is 19.6. The van der Waals surface area contributed by atoms with Crippen LogP contribution in [0, 0.1) is 6.92 Å². The molecule has 0 saturated heterocycles. The summed E-state index contributed by atoms with van der Waals surface area (Å²) < 4.78 is 0. The number of benzene rings is 3. The van der Waals surface area contributed by atoms with Gasteiger partial charge in [-0.25, -0.2) is 15.0 Å². The van der Waals surface area contributed by atoms with E-state index in [1.54, 1.807) is 6.33 Å². The van der Waals surface area contributed by atoms with Crippen LogP contribution in [0.15, 0.2) is 103 Å². The molecule has 0 aliphatic rings. The van der Waals surface area contributed by atoms with Gasteiger partial charge in [-0.1, -0.05) is 92.2 Å². The molecule has 166 valence electrons. The maximum Gasteiger partial charge on any atom is 0.163 e. The number of hydrogen-bond donors (Lipinski definition) is 0. The highest BCUT2D eigenvalue weighted by Crippen LogP contribution is 2.33. The summed E-state index contributed by atoms with van der Waals surface area (Å²) in [6.07, 6.45) is 1.58. The second-order valence-corrected chi connectivity index (χ2v) is 8.98. The first kappa shape index (κ1) is 21.7. The molecule has 0 spiro atoms. The Hall–Kier alpha value is -4.18. The minimum absolute atomic E-state index is 0.300. The molecule has 0 N–H and O–H groups in total. The van der Waals surface area contributed by atoms with E-state index in [-0.39, 0.29) is 5.41 Å². The van der Waals surface area contributed by atoms with Gasteiger partial charge >= 0.3 is 0 Å². The van der Waals surface area contributed by atoms with Crippen LogP contribution in [-0.2, 0) is 5.41 Å². The van der Waals surface area contributed by atoms with E-state index in [9.17, 15) is 0 Å². The quantitative estimate of drug-likeness (QED) is 0.297. The molecule has 0 amide bonds. The SMILES string of the molecule is Cc1cccc(-c2cccc(C(C)(C)c3cccc(-c4ncnc(-c5ccccc5)n4)c3)n2)c1. The Morgan fingerprint density at radius 1 is 0.588 bits per heavy atom. The van der Waals surface area contributed by atoms with Crippen LogP contribution in [0.2, 0.25) is 0 Å². The number of pyridine rings is 1. The summed E-state index contributed by atoms with van der Waals surface area (Å²) in [7, 11) is 0. The molecular formula is C30H26N4. The molecule has 4 nitrogen and oxygen atoms in total. The average molecular weight is 443 g/mol. The lowest BCUT2D eigenvalue weighted by molar-refractivity contribution is 0.618. The number of rotatable bonds is 5. The fourth-order valence-corrected chi connectivity index (χ4v) is 4.10. The summed E-state index contributed by atoms with van der Waals surface area (Å²) in [5.74, 6) is 1.33. The van der Waals surface area contributed by atoms with Crippen LogP contribution in [0.25, 0.3) is 34.0 Å². The van der Waals surface area contributed by atoms with Gasteiger partial charge in [-0.2, -0.15) is 0 Å². The summed E-state index contributed by atoms with van der Waals surface area (Å²) in [5.41, 5.74) is 7.14. The highest BCUT2D eigenvalue weighted by atomic mass is 15.0. The third kappa shape index (κ3) is 4.35. The van der Waals surface area contributed by atoms with Crippen LogP contribution in [0.4, 0.5) is 0 Å². The van der Waals surface area contributed by atoms with Gasteiger partial charge in [0.1, 0.15) is 6.33 Å². The fourth-order valence-electron chi connectivity index (χ4n) is 4.10. The molecule has 2 heterocycles. The number of hydrogen-bond acceptors (Lipinski definition) is 4. The van der Waals surface area contributed by atoms with Crippen molar-refractivity contribution in [3.8, 4) is 34.0 Å². The molecule has 0 aliphatic heterocycles. The van der Waals surface area contributed by atoms with Crippen molar-refractivity contribution in [2.45, 2.75) is 26.2 Å². The topological polar surface area (TPSA) is 51.6 Å². The summed E-state index contributed by atoms with van der Waals surface area (Å²) >= 11 is 0. The van der Waals surface area contributed by atoms with Crippen molar-refractivity contribution in [1.82, 2.24) is 19.9 Å². The van der Waals surface area contributed by atoms with E-state index in [0.717, 1.165) is 33.6 Å². The van der Waals surface area contributed by atoms with Crippen molar-refractivity contribution in [1.29, 1.82) is 0 Å². The fraction of sp³-hybridized carbons (Fsp3) is 0.133. The van der Waals surface area contributed by atoms with Crippen molar-refractivity contribution in [2.75, 3.05) is 0 Å². The van der Waals surface area contributed by atoms with Gasteiger partial charge in [-0.15, -0.1) is 0 Å². The van der Waals surface area contributed by atoms with Crippen LogP contribution in [-0.4, -0.2) is 19.9 Å². The van der Waals surface area contributed by atoms with Crippen LogP contribution >= 0.6 is 0 Å². The maximum absolute atomic E-state index is 5.05. The molecule has 0 saturated carbocycles. The highest BCUT2D eigenvalue weighted by Gasteiger charge is 2.26. The monoisotopic (exact) mass is 442 g/mol. The Morgan fingerprint density at radius 2 is 1.26 bits per heavy atom. The van der Waals surface area contributed by atoms with Gasteiger partial charge in [-0.3, -0.25) is 4.98 Å². The molecule has 5 rings (SSSR count).